The van der Waals surface area contributed by atoms with Crippen LogP contribution in [-0.4, -0.2) is 5.78 Å². The molecule has 0 heterocycles. The smallest absolute Gasteiger partial charge is 0.187 e. The standard InChI is InChI=1S/C16H11BrFNO/c1-10-3-2-4-11(7-10)14(9-19)16(20)13-8-12(17)5-6-15(13)18/h2-8,14H,1H3. The fraction of sp³-hybridized carbons (Fsp3) is 0.125. The predicted molar refractivity (Wildman–Crippen MR) is 78.0 cm³/mol. The van der Waals surface area contributed by atoms with E-state index in [1.165, 1.54) is 18.2 Å². The van der Waals surface area contributed by atoms with Gasteiger partial charge >= 0.3 is 0 Å². The van der Waals surface area contributed by atoms with Crippen LogP contribution in [0, 0.1) is 24.1 Å². The van der Waals surface area contributed by atoms with Gasteiger partial charge in [-0.25, -0.2) is 4.39 Å². The lowest BCUT2D eigenvalue weighted by molar-refractivity contribution is 0.0975. The van der Waals surface area contributed by atoms with Gasteiger partial charge in [0, 0.05) is 4.47 Å². The van der Waals surface area contributed by atoms with E-state index in [1.54, 1.807) is 18.2 Å². The van der Waals surface area contributed by atoms with Crippen LogP contribution in [0.25, 0.3) is 0 Å². The third-order valence-corrected chi connectivity index (χ3v) is 3.45. The minimum absolute atomic E-state index is 0.0765. The molecule has 0 spiro atoms. The van der Waals surface area contributed by atoms with Crippen molar-refractivity contribution in [2.45, 2.75) is 12.8 Å². The molecular formula is C16H11BrFNO. The molecule has 4 heteroatoms. The van der Waals surface area contributed by atoms with Crippen LogP contribution in [0.2, 0.25) is 0 Å². The van der Waals surface area contributed by atoms with Gasteiger partial charge in [0.15, 0.2) is 5.78 Å². The van der Waals surface area contributed by atoms with Crippen LogP contribution >= 0.6 is 15.9 Å². The summed E-state index contributed by atoms with van der Waals surface area (Å²) in [6.07, 6.45) is 0. The molecule has 0 aromatic heterocycles. The molecule has 0 saturated carbocycles. The lowest BCUT2D eigenvalue weighted by Gasteiger charge is -2.10. The highest BCUT2D eigenvalue weighted by Crippen LogP contribution is 2.24. The van der Waals surface area contributed by atoms with Gasteiger partial charge in [0.25, 0.3) is 0 Å². The van der Waals surface area contributed by atoms with Gasteiger partial charge in [0.05, 0.1) is 11.6 Å². The molecule has 20 heavy (non-hydrogen) atoms. The van der Waals surface area contributed by atoms with E-state index in [0.717, 1.165) is 5.56 Å². The second kappa shape index (κ2) is 5.98. The molecule has 2 aromatic carbocycles. The summed E-state index contributed by atoms with van der Waals surface area (Å²) in [6, 6.07) is 13.2. The molecule has 0 saturated heterocycles. The lowest BCUT2D eigenvalue weighted by atomic mass is 9.91. The van der Waals surface area contributed by atoms with Crippen LogP contribution in [0.15, 0.2) is 46.9 Å². The minimum atomic E-state index is -1.00. The Labute approximate surface area is 125 Å². The van der Waals surface area contributed by atoms with Gasteiger partial charge in [-0.3, -0.25) is 4.79 Å². The molecule has 0 N–H and O–H groups in total. The summed E-state index contributed by atoms with van der Waals surface area (Å²) >= 11 is 3.20. The maximum Gasteiger partial charge on any atom is 0.187 e. The summed E-state index contributed by atoms with van der Waals surface area (Å²) in [5.74, 6) is -2.15. The highest BCUT2D eigenvalue weighted by Gasteiger charge is 2.24. The van der Waals surface area contributed by atoms with E-state index in [-0.39, 0.29) is 5.56 Å². The molecule has 1 unspecified atom stereocenters. The first-order valence-corrected chi connectivity index (χ1v) is 6.77. The zero-order valence-corrected chi connectivity index (χ0v) is 12.3. The minimum Gasteiger partial charge on any atom is -0.292 e. The van der Waals surface area contributed by atoms with E-state index < -0.39 is 17.5 Å². The Kier molecular flexibility index (Phi) is 4.31. The summed E-state index contributed by atoms with van der Waals surface area (Å²) in [7, 11) is 0. The number of rotatable bonds is 3. The molecule has 2 nitrogen and oxygen atoms in total. The first-order chi connectivity index (χ1) is 9.52. The molecule has 0 amide bonds. The molecule has 100 valence electrons. The zero-order chi connectivity index (χ0) is 14.7. The van der Waals surface area contributed by atoms with Crippen molar-refractivity contribution in [1.29, 1.82) is 5.26 Å². The Morgan fingerprint density at radius 2 is 2.05 bits per heavy atom. The summed E-state index contributed by atoms with van der Waals surface area (Å²) in [5, 5.41) is 9.26. The Morgan fingerprint density at radius 3 is 2.70 bits per heavy atom. The molecule has 2 rings (SSSR count). The summed E-state index contributed by atoms with van der Waals surface area (Å²) in [5.41, 5.74) is 1.45. The van der Waals surface area contributed by atoms with Gasteiger partial charge in [-0.05, 0) is 30.7 Å². The monoisotopic (exact) mass is 331 g/mol. The molecule has 1 atom stereocenters. The zero-order valence-electron chi connectivity index (χ0n) is 10.7. The van der Waals surface area contributed by atoms with Crippen LogP contribution in [0.1, 0.15) is 27.4 Å². The van der Waals surface area contributed by atoms with Crippen molar-refractivity contribution in [3.8, 4) is 6.07 Å². The molecule has 0 aliphatic rings. The number of Topliss-reactive ketones (excluding diaryl/α,β-unsaturated/α-hetero) is 1. The number of benzene rings is 2. The molecule has 0 aliphatic carbocycles. The van der Waals surface area contributed by atoms with E-state index in [0.29, 0.717) is 10.0 Å². The highest BCUT2D eigenvalue weighted by molar-refractivity contribution is 9.10. The maximum absolute atomic E-state index is 13.8. The summed E-state index contributed by atoms with van der Waals surface area (Å²) in [4.78, 5) is 12.4. The van der Waals surface area contributed by atoms with Crippen molar-refractivity contribution in [3.63, 3.8) is 0 Å². The quantitative estimate of drug-likeness (QED) is 0.783. The number of nitrogens with zero attached hydrogens (tertiary/aromatic N) is 1. The first-order valence-electron chi connectivity index (χ1n) is 5.98. The van der Waals surface area contributed by atoms with Crippen molar-refractivity contribution < 1.29 is 9.18 Å². The van der Waals surface area contributed by atoms with Crippen LogP contribution in [-0.2, 0) is 0 Å². The molecular weight excluding hydrogens is 321 g/mol. The van der Waals surface area contributed by atoms with Gasteiger partial charge in [-0.15, -0.1) is 0 Å². The molecule has 0 fully saturated rings. The van der Waals surface area contributed by atoms with Crippen LogP contribution in [0.5, 0.6) is 0 Å². The summed E-state index contributed by atoms with van der Waals surface area (Å²) in [6.45, 7) is 1.88. The number of aryl methyl sites for hydroxylation is 1. The number of carbonyl (C=O) groups is 1. The van der Waals surface area contributed by atoms with Gasteiger partial charge in [-0.1, -0.05) is 45.8 Å². The first kappa shape index (κ1) is 14.4. The van der Waals surface area contributed by atoms with Gasteiger partial charge < -0.3 is 0 Å². The largest absolute Gasteiger partial charge is 0.292 e. The fourth-order valence-corrected chi connectivity index (χ4v) is 2.34. The number of hydrogen-bond acceptors (Lipinski definition) is 2. The van der Waals surface area contributed by atoms with Crippen molar-refractivity contribution in [3.05, 3.63) is 69.4 Å². The van der Waals surface area contributed by atoms with Crippen LogP contribution in [0.3, 0.4) is 0 Å². The van der Waals surface area contributed by atoms with Crippen molar-refractivity contribution >= 4 is 21.7 Å². The predicted octanol–water partition coefficient (Wildman–Crippen LogP) is 4.39. The summed E-state index contributed by atoms with van der Waals surface area (Å²) < 4.78 is 14.4. The van der Waals surface area contributed by atoms with E-state index >= 15 is 0 Å². The van der Waals surface area contributed by atoms with Crippen molar-refractivity contribution in [2.75, 3.05) is 0 Å². The second-order valence-corrected chi connectivity index (χ2v) is 5.38. The normalized spacial score (nSPS) is 11.7. The molecule has 0 bridgehead atoms. The number of ketones is 1. The molecule has 2 aromatic rings. The van der Waals surface area contributed by atoms with Gasteiger partial charge in [0.2, 0.25) is 0 Å². The fourth-order valence-electron chi connectivity index (χ4n) is 1.98. The van der Waals surface area contributed by atoms with E-state index in [1.807, 2.05) is 19.1 Å². The average molecular weight is 332 g/mol. The topological polar surface area (TPSA) is 40.9 Å². The van der Waals surface area contributed by atoms with Gasteiger partial charge in [0.1, 0.15) is 11.7 Å². The number of carbonyl (C=O) groups excluding carboxylic acids is 1. The Balaban J connectivity index is 2.45. The third-order valence-electron chi connectivity index (χ3n) is 2.96. The van der Waals surface area contributed by atoms with Crippen LogP contribution in [0.4, 0.5) is 4.39 Å². The third kappa shape index (κ3) is 2.94. The number of halogens is 2. The van der Waals surface area contributed by atoms with E-state index in [4.69, 9.17) is 0 Å². The van der Waals surface area contributed by atoms with E-state index in [2.05, 4.69) is 15.9 Å². The van der Waals surface area contributed by atoms with Crippen molar-refractivity contribution in [1.82, 2.24) is 0 Å². The maximum atomic E-state index is 13.8. The van der Waals surface area contributed by atoms with Gasteiger partial charge in [-0.2, -0.15) is 5.26 Å². The molecule has 0 radical (unpaired) electrons. The highest BCUT2D eigenvalue weighted by atomic mass is 79.9. The number of hydrogen-bond donors (Lipinski definition) is 0. The lowest BCUT2D eigenvalue weighted by Crippen LogP contribution is -2.13. The van der Waals surface area contributed by atoms with Crippen molar-refractivity contribution in [2.24, 2.45) is 0 Å². The molecule has 0 aliphatic heterocycles. The number of nitriles is 1. The Morgan fingerprint density at radius 1 is 1.30 bits per heavy atom. The van der Waals surface area contributed by atoms with Crippen LogP contribution < -0.4 is 0 Å². The second-order valence-electron chi connectivity index (χ2n) is 4.46. The Bertz CT molecular complexity index is 706. The SMILES string of the molecule is Cc1cccc(C(C#N)C(=O)c2cc(Br)ccc2F)c1. The van der Waals surface area contributed by atoms with E-state index in [9.17, 15) is 14.4 Å². The Hall–Kier alpha value is -1.99. The average Bonchev–Trinajstić information content (AvgIpc) is 2.42.